The van der Waals surface area contributed by atoms with Crippen molar-refractivity contribution in [2.75, 3.05) is 13.7 Å². The second kappa shape index (κ2) is 22.2. The molecule has 9 rings (SSSR count). The van der Waals surface area contributed by atoms with E-state index in [0.717, 1.165) is 38.9 Å². The van der Waals surface area contributed by atoms with Crippen LogP contribution >= 0.6 is 0 Å². The van der Waals surface area contributed by atoms with Gasteiger partial charge < -0.3 is 38.8 Å². The molecule has 7 aromatic rings. The van der Waals surface area contributed by atoms with E-state index in [2.05, 4.69) is 5.32 Å². The highest BCUT2D eigenvalue weighted by atomic mass is 19.1. The van der Waals surface area contributed by atoms with Gasteiger partial charge in [0.2, 0.25) is 5.91 Å². The zero-order valence-electron chi connectivity index (χ0n) is 38.2. The minimum atomic E-state index is -0.968. The van der Waals surface area contributed by atoms with Crippen molar-refractivity contribution >= 4 is 5.91 Å². The molecule has 0 radical (unpaired) electrons. The molecule has 0 saturated carbocycles. The lowest BCUT2D eigenvalue weighted by Gasteiger charge is -2.50. The molecule has 0 unspecified atom stereocenters. The van der Waals surface area contributed by atoms with E-state index >= 15 is 0 Å². The van der Waals surface area contributed by atoms with Crippen LogP contribution in [0, 0.1) is 17.6 Å². The molecule has 0 aliphatic carbocycles. The summed E-state index contributed by atoms with van der Waals surface area (Å²) in [7, 11) is 1.59. The van der Waals surface area contributed by atoms with Crippen LogP contribution in [-0.2, 0) is 53.8 Å². The maximum atomic E-state index is 14.2. The number of carbonyl (C=O) groups excluding carboxylic acids is 1. The predicted molar refractivity (Wildman–Crippen MR) is 258 cm³/mol. The van der Waals surface area contributed by atoms with Gasteiger partial charge in [-0.2, -0.15) is 0 Å². The normalized spacial score (nSPS) is 22.6. The van der Waals surface area contributed by atoms with E-state index in [1.807, 2.05) is 140 Å². The third-order valence-corrected chi connectivity index (χ3v) is 13.0. The fraction of sp³-hybridized carbons (Fsp3) is 0.259. The summed E-state index contributed by atoms with van der Waals surface area (Å²) in [6.45, 7) is 1.03. The number of β-lactam (4-membered cyclic amide) rings is 1. The van der Waals surface area contributed by atoms with E-state index in [9.17, 15) is 18.7 Å². The van der Waals surface area contributed by atoms with E-state index in [4.69, 9.17) is 28.4 Å². The molecule has 7 aromatic carbocycles. The number of amides is 1. The van der Waals surface area contributed by atoms with Gasteiger partial charge >= 0.3 is 0 Å². The van der Waals surface area contributed by atoms with Gasteiger partial charge in [-0.15, -0.1) is 0 Å². The van der Waals surface area contributed by atoms with E-state index in [0.29, 0.717) is 37.6 Å². The van der Waals surface area contributed by atoms with Crippen LogP contribution in [-0.4, -0.2) is 55.4 Å². The smallest absolute Gasteiger partial charge is 0.227 e. The molecule has 1 amide bonds. The summed E-state index contributed by atoms with van der Waals surface area (Å²) in [4.78, 5) is 13.4. The molecule has 2 N–H and O–H groups in total. The molecular weight excluding hydrogens is 877 g/mol. The number of hydrogen-bond donors (Lipinski definition) is 2. The Morgan fingerprint density at radius 2 is 1.13 bits per heavy atom. The topological polar surface area (TPSA) is 105 Å². The first kappa shape index (κ1) is 47.5. The van der Waals surface area contributed by atoms with Crippen molar-refractivity contribution in [3.8, 4) is 16.9 Å². The van der Waals surface area contributed by atoms with Crippen LogP contribution in [0.25, 0.3) is 11.1 Å². The van der Waals surface area contributed by atoms with Crippen molar-refractivity contribution in [2.24, 2.45) is 5.92 Å². The Morgan fingerprint density at radius 1 is 0.609 bits per heavy atom. The van der Waals surface area contributed by atoms with Crippen molar-refractivity contribution in [2.45, 2.75) is 75.0 Å². The van der Waals surface area contributed by atoms with Crippen molar-refractivity contribution in [3.05, 3.63) is 233 Å². The first-order chi connectivity index (χ1) is 33.8. The van der Waals surface area contributed by atoms with Crippen LogP contribution in [0.4, 0.5) is 8.78 Å². The van der Waals surface area contributed by atoms with Gasteiger partial charge in [0.25, 0.3) is 0 Å². The van der Waals surface area contributed by atoms with E-state index in [1.54, 1.807) is 31.4 Å². The van der Waals surface area contributed by atoms with Gasteiger partial charge in [0.1, 0.15) is 53.9 Å². The Hall–Kier alpha value is -6.57. The number of ether oxygens (including phenoxy) is 6. The fourth-order valence-corrected chi connectivity index (χ4v) is 9.38. The number of aliphatic hydroxyl groups is 1. The molecule has 2 saturated heterocycles. The maximum absolute atomic E-state index is 14.2. The summed E-state index contributed by atoms with van der Waals surface area (Å²) >= 11 is 0. The van der Waals surface area contributed by atoms with Crippen molar-refractivity contribution in [3.63, 3.8) is 0 Å². The van der Waals surface area contributed by atoms with Crippen LogP contribution in [0.15, 0.2) is 188 Å². The molecule has 0 bridgehead atoms. The zero-order chi connectivity index (χ0) is 47.6. The molecule has 2 aliphatic heterocycles. The fourth-order valence-electron chi connectivity index (χ4n) is 9.38. The quantitative estimate of drug-likeness (QED) is 0.0729. The number of nitrogens with one attached hydrogen (secondary N) is 1. The first-order valence-electron chi connectivity index (χ1n) is 23.3. The van der Waals surface area contributed by atoms with Crippen LogP contribution < -0.4 is 10.1 Å². The number of aliphatic hydroxyl groups excluding tert-OH is 1. The lowest BCUT2D eigenvalue weighted by molar-refractivity contribution is -0.320. The van der Waals surface area contributed by atoms with Crippen LogP contribution in [0.2, 0.25) is 0 Å². The SMILES string of the molecule is CO[C@H]1O[C@H](COc2cccc(-c3ccc([C@@]4(c5ccc(F)cc5)NC(=O)[C@@H]4CC[C@H](O)c4ccc(F)cc4)cc3)c2)[C@@H](OCc2ccccc2)[C@H](OCc2ccccc2)[C@H]1OCc1ccccc1. The lowest BCUT2D eigenvalue weighted by Crippen LogP contribution is -2.67. The average Bonchev–Trinajstić information content (AvgIpc) is 3.39. The Balaban J connectivity index is 0.948. The largest absolute Gasteiger partial charge is 0.491 e. The Kier molecular flexibility index (Phi) is 15.3. The summed E-state index contributed by atoms with van der Waals surface area (Å²) in [6.07, 6.45) is -3.64. The van der Waals surface area contributed by atoms with E-state index < -0.39 is 59.9 Å². The summed E-state index contributed by atoms with van der Waals surface area (Å²) in [5.41, 5.74) is 5.91. The Morgan fingerprint density at radius 3 is 1.68 bits per heavy atom. The van der Waals surface area contributed by atoms with E-state index in [1.165, 1.54) is 24.3 Å². The Labute approximate surface area is 401 Å². The molecule has 8 atom stereocenters. The predicted octanol–water partition coefficient (Wildman–Crippen LogP) is 10.6. The summed E-state index contributed by atoms with van der Waals surface area (Å²) < 4.78 is 67.2. The molecule has 2 heterocycles. The number of carbonyl (C=O) groups is 1. The standard InChI is InChI=1S/C58H55F2NO8/c1-64-57-55(68-37-41-16-9-4-10-17-41)54(67-36-40-14-7-3-8-15-40)53(66-35-39-12-5-2-6-13-39)52(69-57)38-65-49-19-11-18-44(34-49)42-20-24-45(25-21-42)58(46-26-30-48(60)31-27-46)50(56(63)61-58)32-33-51(62)43-22-28-47(59)29-23-43/h2-31,34,50-55,57,62H,32-33,35-38H2,1H3,(H,61,63)/t50-,51-,52+,53+,54-,55+,57-,58-/m0/s1. The van der Waals surface area contributed by atoms with Gasteiger partial charge in [-0.1, -0.05) is 152 Å². The Bertz CT molecular complexity index is 2710. The van der Waals surface area contributed by atoms with Crippen LogP contribution in [0.1, 0.15) is 52.3 Å². The molecular formula is C58H55F2NO8. The number of benzene rings is 7. The third-order valence-electron chi connectivity index (χ3n) is 13.0. The highest BCUT2D eigenvalue weighted by Gasteiger charge is 2.55. The maximum Gasteiger partial charge on any atom is 0.227 e. The minimum absolute atomic E-state index is 0.107. The highest BCUT2D eigenvalue weighted by molar-refractivity contribution is 5.90. The van der Waals surface area contributed by atoms with Gasteiger partial charge in [-0.05, 0) is 93.7 Å². The van der Waals surface area contributed by atoms with Crippen LogP contribution in [0.5, 0.6) is 5.75 Å². The molecule has 354 valence electrons. The summed E-state index contributed by atoms with van der Waals surface area (Å²) in [5.74, 6) is -0.912. The minimum Gasteiger partial charge on any atom is -0.491 e. The highest BCUT2D eigenvalue weighted by Crippen LogP contribution is 2.47. The molecule has 0 spiro atoms. The average molecular weight is 932 g/mol. The zero-order valence-corrected chi connectivity index (χ0v) is 38.2. The number of hydrogen-bond acceptors (Lipinski definition) is 8. The molecule has 0 aromatic heterocycles. The second-order valence-corrected chi connectivity index (χ2v) is 17.5. The number of methoxy groups -OCH3 is 1. The van der Waals surface area contributed by atoms with E-state index in [-0.39, 0.29) is 18.9 Å². The van der Waals surface area contributed by atoms with Crippen LogP contribution in [0.3, 0.4) is 0 Å². The monoisotopic (exact) mass is 931 g/mol. The van der Waals surface area contributed by atoms with Gasteiger partial charge in [0.05, 0.1) is 31.8 Å². The van der Waals surface area contributed by atoms with Gasteiger partial charge in [0, 0.05) is 7.11 Å². The summed E-state index contributed by atoms with van der Waals surface area (Å²) in [6, 6.07) is 57.4. The van der Waals surface area contributed by atoms with Gasteiger partial charge in [0.15, 0.2) is 6.29 Å². The first-order valence-corrected chi connectivity index (χ1v) is 23.3. The second-order valence-electron chi connectivity index (χ2n) is 17.5. The van der Waals surface area contributed by atoms with Gasteiger partial charge in [-0.25, -0.2) is 8.78 Å². The molecule has 9 nitrogen and oxygen atoms in total. The third kappa shape index (κ3) is 11.2. The lowest BCUT2D eigenvalue weighted by atomic mass is 9.64. The van der Waals surface area contributed by atoms with Crippen molar-refractivity contribution < 1.29 is 47.1 Å². The van der Waals surface area contributed by atoms with Crippen molar-refractivity contribution in [1.82, 2.24) is 5.32 Å². The summed E-state index contributed by atoms with van der Waals surface area (Å²) in [5, 5.41) is 14.2. The molecule has 2 aliphatic rings. The molecule has 11 heteroatoms. The number of rotatable bonds is 20. The van der Waals surface area contributed by atoms with Gasteiger partial charge in [-0.3, -0.25) is 4.79 Å². The molecule has 2 fully saturated rings. The molecule has 69 heavy (non-hydrogen) atoms. The van der Waals surface area contributed by atoms with Crippen molar-refractivity contribution in [1.29, 1.82) is 0 Å². The number of halogens is 2.